The van der Waals surface area contributed by atoms with Crippen LogP contribution in [0, 0.1) is 0 Å². The number of hydrogen-bond donors (Lipinski definition) is 1. The highest BCUT2D eigenvalue weighted by molar-refractivity contribution is 6.09. The number of nitrogens with zero attached hydrogens (tertiary/aromatic N) is 3. The molecule has 0 saturated carbocycles. The summed E-state index contributed by atoms with van der Waals surface area (Å²) in [5.74, 6) is -1.46. The lowest BCUT2D eigenvalue weighted by molar-refractivity contribution is -0.129. The molecule has 1 aliphatic heterocycles. The maximum absolute atomic E-state index is 12.6. The lowest BCUT2D eigenvalue weighted by Crippen LogP contribution is -2.41. The number of fused-ring (bicyclic) bond motifs is 1. The molecule has 0 unspecified atom stereocenters. The molecule has 0 bridgehead atoms. The van der Waals surface area contributed by atoms with Crippen LogP contribution in [-0.2, 0) is 17.8 Å². The van der Waals surface area contributed by atoms with Crippen LogP contribution in [-0.4, -0.2) is 38.0 Å². The summed E-state index contributed by atoms with van der Waals surface area (Å²) in [6.45, 7) is -0.119. The van der Waals surface area contributed by atoms with E-state index in [-0.39, 0.29) is 36.2 Å². The van der Waals surface area contributed by atoms with Crippen LogP contribution in [0.25, 0.3) is 11.5 Å². The van der Waals surface area contributed by atoms with Crippen molar-refractivity contribution < 1.29 is 23.9 Å². The van der Waals surface area contributed by atoms with Crippen LogP contribution in [0.4, 0.5) is 0 Å². The van der Waals surface area contributed by atoms with Gasteiger partial charge in [-0.05, 0) is 35.9 Å². The number of rotatable bonds is 4. The number of hydrogen-bond acceptors (Lipinski definition) is 6. The number of amides is 2. The molecule has 0 radical (unpaired) electrons. The molecule has 1 N–H and O–H groups in total. The fourth-order valence-electron chi connectivity index (χ4n) is 2.88. The molecule has 2 aromatic carbocycles. The van der Waals surface area contributed by atoms with Gasteiger partial charge < -0.3 is 9.52 Å². The second-order valence-electron chi connectivity index (χ2n) is 6.00. The summed E-state index contributed by atoms with van der Waals surface area (Å²) >= 11 is 0. The molecule has 8 nitrogen and oxygen atoms in total. The van der Waals surface area contributed by atoms with Gasteiger partial charge >= 0.3 is 5.97 Å². The molecule has 0 aliphatic carbocycles. The summed E-state index contributed by atoms with van der Waals surface area (Å²) < 4.78 is 5.54. The number of benzene rings is 2. The van der Waals surface area contributed by atoms with E-state index < -0.39 is 11.9 Å². The molecule has 1 aliphatic rings. The summed E-state index contributed by atoms with van der Waals surface area (Å²) in [4.78, 5) is 36.9. The van der Waals surface area contributed by atoms with Gasteiger partial charge in [0.25, 0.3) is 5.91 Å². The Morgan fingerprint density at radius 2 is 1.81 bits per heavy atom. The summed E-state index contributed by atoms with van der Waals surface area (Å²) in [5.41, 5.74) is 1.87. The van der Waals surface area contributed by atoms with E-state index >= 15 is 0 Å². The Labute approximate surface area is 153 Å². The van der Waals surface area contributed by atoms with Crippen molar-refractivity contribution in [2.24, 2.45) is 0 Å². The van der Waals surface area contributed by atoms with Gasteiger partial charge in [0.05, 0.1) is 12.0 Å². The lowest BCUT2D eigenvalue weighted by Gasteiger charge is -2.25. The van der Waals surface area contributed by atoms with Crippen molar-refractivity contribution in [3.63, 3.8) is 0 Å². The largest absolute Gasteiger partial charge is 0.478 e. The average Bonchev–Trinajstić information content (AvgIpc) is 3.14. The smallest absolute Gasteiger partial charge is 0.335 e. The van der Waals surface area contributed by atoms with Crippen LogP contribution in [0.5, 0.6) is 0 Å². The Balaban J connectivity index is 1.55. The first-order valence-corrected chi connectivity index (χ1v) is 8.11. The lowest BCUT2D eigenvalue weighted by atomic mass is 9.98. The van der Waals surface area contributed by atoms with Crippen molar-refractivity contribution in [3.8, 4) is 11.5 Å². The number of carboxylic acids is 1. The number of imide groups is 1. The SMILES string of the molecule is O=C(O)c1ccc(-c2nnc(CN3C(=O)Cc4ccccc4C3=O)o2)cc1. The van der Waals surface area contributed by atoms with Gasteiger partial charge in [-0.1, -0.05) is 18.2 Å². The first-order chi connectivity index (χ1) is 13.0. The molecule has 0 fully saturated rings. The van der Waals surface area contributed by atoms with E-state index in [9.17, 15) is 14.4 Å². The van der Waals surface area contributed by atoms with Crippen LogP contribution < -0.4 is 0 Å². The predicted molar refractivity (Wildman–Crippen MR) is 91.7 cm³/mol. The summed E-state index contributed by atoms with van der Waals surface area (Å²) in [6, 6.07) is 12.9. The molecule has 2 heterocycles. The van der Waals surface area contributed by atoms with Gasteiger partial charge in [0.15, 0.2) is 0 Å². The van der Waals surface area contributed by atoms with E-state index in [1.807, 2.05) is 0 Å². The molecule has 2 amide bonds. The highest BCUT2D eigenvalue weighted by atomic mass is 16.4. The quantitative estimate of drug-likeness (QED) is 0.707. The van der Waals surface area contributed by atoms with Crippen molar-refractivity contribution in [3.05, 3.63) is 71.1 Å². The van der Waals surface area contributed by atoms with Gasteiger partial charge in [-0.15, -0.1) is 10.2 Å². The number of carboxylic acid groups (broad SMARTS) is 1. The molecule has 134 valence electrons. The van der Waals surface area contributed by atoms with Gasteiger partial charge in [0.1, 0.15) is 6.54 Å². The van der Waals surface area contributed by atoms with Crippen LogP contribution >= 0.6 is 0 Å². The van der Waals surface area contributed by atoms with E-state index in [0.29, 0.717) is 16.7 Å². The zero-order valence-corrected chi connectivity index (χ0v) is 14.0. The fourth-order valence-corrected chi connectivity index (χ4v) is 2.88. The van der Waals surface area contributed by atoms with E-state index in [1.54, 1.807) is 36.4 Å². The van der Waals surface area contributed by atoms with E-state index in [0.717, 1.165) is 4.90 Å². The van der Waals surface area contributed by atoms with Crippen molar-refractivity contribution in [2.75, 3.05) is 0 Å². The standard InChI is InChI=1S/C19H13N3O5/c23-16-9-13-3-1-2-4-14(13)18(24)22(16)10-15-20-21-17(27-15)11-5-7-12(8-6-11)19(25)26/h1-8H,9-10H2,(H,25,26). The topological polar surface area (TPSA) is 114 Å². The number of aromatic carboxylic acids is 1. The highest BCUT2D eigenvalue weighted by Crippen LogP contribution is 2.23. The first-order valence-electron chi connectivity index (χ1n) is 8.11. The van der Waals surface area contributed by atoms with Gasteiger partial charge in [0, 0.05) is 11.1 Å². The maximum Gasteiger partial charge on any atom is 0.335 e. The van der Waals surface area contributed by atoms with Crippen LogP contribution in [0.2, 0.25) is 0 Å². The maximum atomic E-state index is 12.6. The molecule has 0 spiro atoms. The minimum Gasteiger partial charge on any atom is -0.478 e. The van der Waals surface area contributed by atoms with Gasteiger partial charge in [0.2, 0.25) is 17.7 Å². The third-order valence-corrected chi connectivity index (χ3v) is 4.27. The number of carbonyl (C=O) groups is 3. The summed E-state index contributed by atoms with van der Waals surface area (Å²) in [7, 11) is 0. The predicted octanol–water partition coefficient (Wildman–Crippen LogP) is 2.16. The van der Waals surface area contributed by atoms with Crippen molar-refractivity contribution >= 4 is 17.8 Å². The van der Waals surface area contributed by atoms with Crippen molar-refractivity contribution in [2.45, 2.75) is 13.0 Å². The summed E-state index contributed by atoms with van der Waals surface area (Å²) in [6.07, 6.45) is 0.138. The van der Waals surface area contributed by atoms with Gasteiger partial charge in [-0.2, -0.15) is 0 Å². The Hall–Kier alpha value is -3.81. The molecular weight excluding hydrogens is 350 g/mol. The Morgan fingerprint density at radius 1 is 1.07 bits per heavy atom. The van der Waals surface area contributed by atoms with E-state index in [4.69, 9.17) is 9.52 Å². The molecule has 0 atom stereocenters. The van der Waals surface area contributed by atoms with Crippen LogP contribution in [0.1, 0.15) is 32.2 Å². The second kappa shape index (κ2) is 6.49. The van der Waals surface area contributed by atoms with Crippen molar-refractivity contribution in [1.82, 2.24) is 15.1 Å². The molecule has 4 rings (SSSR count). The van der Waals surface area contributed by atoms with Gasteiger partial charge in [-0.25, -0.2) is 4.79 Å². The highest BCUT2D eigenvalue weighted by Gasteiger charge is 2.31. The Morgan fingerprint density at radius 3 is 2.56 bits per heavy atom. The minimum absolute atomic E-state index is 0.119. The van der Waals surface area contributed by atoms with E-state index in [1.165, 1.54) is 12.1 Å². The number of carbonyl (C=O) groups excluding carboxylic acids is 2. The van der Waals surface area contributed by atoms with Crippen molar-refractivity contribution in [1.29, 1.82) is 0 Å². The molecular formula is C19H13N3O5. The monoisotopic (exact) mass is 363 g/mol. The molecule has 1 aromatic heterocycles. The average molecular weight is 363 g/mol. The molecule has 27 heavy (non-hydrogen) atoms. The number of aromatic nitrogens is 2. The van der Waals surface area contributed by atoms with Crippen LogP contribution in [0.3, 0.4) is 0 Å². The molecule has 8 heteroatoms. The van der Waals surface area contributed by atoms with Crippen LogP contribution in [0.15, 0.2) is 52.9 Å². The minimum atomic E-state index is -1.03. The normalized spacial score (nSPS) is 13.6. The first kappa shape index (κ1) is 16.6. The zero-order chi connectivity index (χ0) is 19.0. The Kier molecular flexibility index (Phi) is 4.00. The summed E-state index contributed by atoms with van der Waals surface area (Å²) in [5, 5.41) is 16.7. The Bertz CT molecular complexity index is 1060. The fraction of sp³-hybridized carbons (Fsp3) is 0.105. The third-order valence-electron chi connectivity index (χ3n) is 4.27. The second-order valence-corrected chi connectivity index (χ2v) is 6.00. The third kappa shape index (κ3) is 3.08. The van der Waals surface area contributed by atoms with Gasteiger partial charge in [-0.3, -0.25) is 14.5 Å². The van der Waals surface area contributed by atoms with E-state index in [2.05, 4.69) is 10.2 Å². The molecule has 3 aromatic rings. The zero-order valence-electron chi connectivity index (χ0n) is 14.0. The molecule has 0 saturated heterocycles.